The van der Waals surface area contributed by atoms with E-state index in [1.54, 1.807) is 48.5 Å². The standard InChI is InChI=1S/C21H25NO5S/c1-3-4-14-27-21(24)17-7-9-18(10-8-17)22-20(23)13-15-28(25,26)19-11-5-16(2)6-12-19/h5-12H,3-4,13-15H2,1-2H3,(H,22,23). The molecule has 0 bridgehead atoms. The van der Waals surface area contributed by atoms with E-state index in [1.165, 1.54) is 0 Å². The maximum absolute atomic E-state index is 12.3. The normalized spacial score (nSPS) is 11.1. The van der Waals surface area contributed by atoms with Crippen molar-refractivity contribution in [3.63, 3.8) is 0 Å². The Morgan fingerprint density at radius 2 is 1.64 bits per heavy atom. The Morgan fingerprint density at radius 3 is 2.25 bits per heavy atom. The molecule has 0 spiro atoms. The summed E-state index contributed by atoms with van der Waals surface area (Å²) >= 11 is 0. The number of amides is 1. The minimum atomic E-state index is -3.52. The molecule has 0 heterocycles. The first-order valence-electron chi connectivity index (χ1n) is 9.18. The number of aryl methyl sites for hydroxylation is 1. The third-order valence-corrected chi connectivity index (χ3v) is 5.85. The number of hydrogen-bond donors (Lipinski definition) is 1. The molecule has 150 valence electrons. The largest absolute Gasteiger partial charge is 0.462 e. The van der Waals surface area contributed by atoms with Gasteiger partial charge in [0.1, 0.15) is 0 Å². The molecule has 2 aromatic rings. The van der Waals surface area contributed by atoms with Crippen LogP contribution in [-0.4, -0.2) is 32.7 Å². The van der Waals surface area contributed by atoms with Gasteiger partial charge in [0, 0.05) is 12.1 Å². The van der Waals surface area contributed by atoms with Crippen molar-refractivity contribution in [2.45, 2.75) is 38.0 Å². The van der Waals surface area contributed by atoms with E-state index in [0.29, 0.717) is 17.9 Å². The maximum atomic E-state index is 12.3. The average molecular weight is 404 g/mol. The van der Waals surface area contributed by atoms with Gasteiger partial charge in [-0.25, -0.2) is 13.2 Å². The van der Waals surface area contributed by atoms with Gasteiger partial charge in [-0.1, -0.05) is 31.0 Å². The van der Waals surface area contributed by atoms with Gasteiger partial charge in [-0.2, -0.15) is 0 Å². The average Bonchev–Trinajstić information content (AvgIpc) is 2.67. The highest BCUT2D eigenvalue weighted by Crippen LogP contribution is 2.15. The maximum Gasteiger partial charge on any atom is 0.338 e. The summed E-state index contributed by atoms with van der Waals surface area (Å²) < 4.78 is 29.7. The summed E-state index contributed by atoms with van der Waals surface area (Å²) in [5.74, 6) is -1.09. The molecule has 7 heteroatoms. The molecular weight excluding hydrogens is 378 g/mol. The first kappa shape index (κ1) is 21.6. The van der Waals surface area contributed by atoms with E-state index in [2.05, 4.69) is 5.32 Å². The highest BCUT2D eigenvalue weighted by Gasteiger charge is 2.16. The second kappa shape index (κ2) is 10.0. The molecule has 28 heavy (non-hydrogen) atoms. The second-order valence-electron chi connectivity index (χ2n) is 6.50. The van der Waals surface area contributed by atoms with E-state index in [1.807, 2.05) is 13.8 Å². The van der Waals surface area contributed by atoms with E-state index in [-0.39, 0.29) is 17.1 Å². The zero-order valence-electron chi connectivity index (χ0n) is 16.1. The first-order chi connectivity index (χ1) is 13.3. The summed E-state index contributed by atoms with van der Waals surface area (Å²) in [6, 6.07) is 12.8. The van der Waals surface area contributed by atoms with Crippen LogP contribution in [0.15, 0.2) is 53.4 Å². The fourth-order valence-electron chi connectivity index (χ4n) is 2.40. The van der Waals surface area contributed by atoms with E-state index in [9.17, 15) is 18.0 Å². The Kier molecular flexibility index (Phi) is 7.75. The smallest absolute Gasteiger partial charge is 0.338 e. The van der Waals surface area contributed by atoms with Gasteiger partial charge in [-0.05, 0) is 49.7 Å². The predicted molar refractivity (Wildman–Crippen MR) is 108 cm³/mol. The summed E-state index contributed by atoms with van der Waals surface area (Å²) in [6.07, 6.45) is 1.60. The number of hydrogen-bond acceptors (Lipinski definition) is 5. The first-order valence-corrected chi connectivity index (χ1v) is 10.8. The molecule has 6 nitrogen and oxygen atoms in total. The topological polar surface area (TPSA) is 89.5 Å². The molecule has 2 rings (SSSR count). The Bertz CT molecular complexity index is 903. The number of sulfone groups is 1. The minimum absolute atomic E-state index is 0.156. The SMILES string of the molecule is CCCCOC(=O)c1ccc(NC(=O)CCS(=O)(=O)c2ccc(C)cc2)cc1. The lowest BCUT2D eigenvalue weighted by molar-refractivity contribution is -0.115. The number of benzene rings is 2. The molecule has 0 aliphatic rings. The van der Waals surface area contributed by atoms with Crippen molar-refractivity contribution in [1.29, 1.82) is 0 Å². The number of carbonyl (C=O) groups excluding carboxylic acids is 2. The van der Waals surface area contributed by atoms with Gasteiger partial charge in [-0.3, -0.25) is 4.79 Å². The van der Waals surface area contributed by atoms with Crippen molar-refractivity contribution in [3.8, 4) is 0 Å². The van der Waals surface area contributed by atoms with E-state index in [4.69, 9.17) is 4.74 Å². The molecule has 1 amide bonds. The Balaban J connectivity index is 1.87. The van der Waals surface area contributed by atoms with Crippen LogP contribution in [0.1, 0.15) is 42.1 Å². The van der Waals surface area contributed by atoms with Crippen LogP contribution in [0.5, 0.6) is 0 Å². The fourth-order valence-corrected chi connectivity index (χ4v) is 3.64. The van der Waals surface area contributed by atoms with Crippen molar-refractivity contribution in [2.24, 2.45) is 0 Å². The van der Waals surface area contributed by atoms with Crippen LogP contribution in [-0.2, 0) is 19.4 Å². The molecule has 0 aromatic heterocycles. The zero-order chi connectivity index (χ0) is 20.6. The van der Waals surface area contributed by atoms with Gasteiger partial charge >= 0.3 is 5.97 Å². The molecule has 1 N–H and O–H groups in total. The number of carbonyl (C=O) groups is 2. The summed E-state index contributed by atoms with van der Waals surface area (Å²) in [7, 11) is -3.52. The van der Waals surface area contributed by atoms with Gasteiger partial charge in [0.25, 0.3) is 0 Å². The van der Waals surface area contributed by atoms with Crippen LogP contribution in [0, 0.1) is 6.92 Å². The van der Waals surface area contributed by atoms with Crippen molar-refractivity contribution < 1.29 is 22.7 Å². The molecule has 0 fully saturated rings. The highest BCUT2D eigenvalue weighted by atomic mass is 32.2. The summed E-state index contributed by atoms with van der Waals surface area (Å²) in [5.41, 5.74) is 1.85. The van der Waals surface area contributed by atoms with Gasteiger partial charge < -0.3 is 10.1 Å². The number of rotatable bonds is 9. The minimum Gasteiger partial charge on any atom is -0.462 e. The molecule has 0 atom stereocenters. The molecule has 0 aliphatic heterocycles. The number of ether oxygens (including phenoxy) is 1. The van der Waals surface area contributed by atoms with Crippen LogP contribution in [0.3, 0.4) is 0 Å². The van der Waals surface area contributed by atoms with Crippen molar-refractivity contribution >= 4 is 27.4 Å². The third kappa shape index (κ3) is 6.49. The lowest BCUT2D eigenvalue weighted by Gasteiger charge is -2.08. The van der Waals surface area contributed by atoms with Gasteiger partial charge in [0.15, 0.2) is 9.84 Å². The molecular formula is C21H25NO5S. The van der Waals surface area contributed by atoms with E-state index >= 15 is 0 Å². The van der Waals surface area contributed by atoms with Crippen LogP contribution in [0.25, 0.3) is 0 Å². The molecule has 0 saturated carbocycles. The summed E-state index contributed by atoms with van der Waals surface area (Å²) in [5, 5.41) is 2.64. The number of esters is 1. The molecule has 0 aliphatic carbocycles. The van der Waals surface area contributed by atoms with Crippen LogP contribution in [0.2, 0.25) is 0 Å². The zero-order valence-corrected chi connectivity index (χ0v) is 16.9. The van der Waals surface area contributed by atoms with Gasteiger partial charge in [0.2, 0.25) is 5.91 Å². The Morgan fingerprint density at radius 1 is 1.00 bits per heavy atom. The van der Waals surface area contributed by atoms with Gasteiger partial charge in [0.05, 0.1) is 22.8 Å². The summed E-state index contributed by atoms with van der Waals surface area (Å²) in [6.45, 7) is 4.26. The number of anilines is 1. The van der Waals surface area contributed by atoms with Crippen LogP contribution < -0.4 is 5.32 Å². The number of unbranched alkanes of at least 4 members (excludes halogenated alkanes) is 1. The van der Waals surface area contributed by atoms with Crippen molar-refractivity contribution in [2.75, 3.05) is 17.7 Å². The lowest BCUT2D eigenvalue weighted by atomic mass is 10.2. The third-order valence-electron chi connectivity index (χ3n) is 4.11. The van der Waals surface area contributed by atoms with Crippen LogP contribution >= 0.6 is 0 Å². The summed E-state index contributed by atoms with van der Waals surface area (Å²) in [4.78, 5) is 24.1. The number of nitrogens with one attached hydrogen (secondary N) is 1. The van der Waals surface area contributed by atoms with Crippen LogP contribution in [0.4, 0.5) is 5.69 Å². The molecule has 0 radical (unpaired) electrons. The predicted octanol–water partition coefficient (Wildman–Crippen LogP) is 3.75. The Hall–Kier alpha value is -2.67. The fraction of sp³-hybridized carbons (Fsp3) is 0.333. The molecule has 2 aromatic carbocycles. The molecule has 0 saturated heterocycles. The Labute approximate surface area is 165 Å². The second-order valence-corrected chi connectivity index (χ2v) is 8.61. The van der Waals surface area contributed by atoms with Crippen molar-refractivity contribution in [3.05, 3.63) is 59.7 Å². The van der Waals surface area contributed by atoms with Gasteiger partial charge in [-0.15, -0.1) is 0 Å². The highest BCUT2D eigenvalue weighted by molar-refractivity contribution is 7.91. The lowest BCUT2D eigenvalue weighted by Crippen LogP contribution is -2.17. The monoisotopic (exact) mass is 403 g/mol. The van der Waals surface area contributed by atoms with Crippen molar-refractivity contribution in [1.82, 2.24) is 0 Å². The molecule has 0 unspecified atom stereocenters. The quantitative estimate of drug-likeness (QED) is 0.509. The van der Waals surface area contributed by atoms with E-state index in [0.717, 1.165) is 18.4 Å². The van der Waals surface area contributed by atoms with E-state index < -0.39 is 21.7 Å².